The lowest BCUT2D eigenvalue weighted by molar-refractivity contribution is 0.462. The number of ether oxygens (including phenoxy) is 1. The summed E-state index contributed by atoms with van der Waals surface area (Å²) in [6.45, 7) is 0. The maximum Gasteiger partial charge on any atom is 0.223 e. The van der Waals surface area contributed by atoms with E-state index in [1.54, 1.807) is 18.2 Å². The minimum absolute atomic E-state index is 0.285. The minimum atomic E-state index is 0.285. The van der Waals surface area contributed by atoms with Gasteiger partial charge < -0.3 is 4.74 Å². The molecular weight excluding hydrogens is 270 g/mol. The van der Waals surface area contributed by atoms with E-state index in [1.807, 2.05) is 0 Å². The van der Waals surface area contributed by atoms with Crippen LogP contribution in [-0.4, -0.2) is 9.97 Å². The molecule has 0 atom stereocenters. The molecule has 3 nitrogen and oxygen atoms in total. The van der Waals surface area contributed by atoms with Crippen molar-refractivity contribution < 1.29 is 4.74 Å². The molecule has 1 heterocycles. The fourth-order valence-corrected chi connectivity index (χ4v) is 1.67. The quantitative estimate of drug-likeness (QED) is 0.769. The minimum Gasteiger partial charge on any atom is -0.436 e. The molecule has 6 heteroatoms. The fraction of sp³-hybridized carbons (Fsp3) is 0. The molecular formula is C10H5Cl3N2O. The second kappa shape index (κ2) is 4.87. The van der Waals surface area contributed by atoms with Gasteiger partial charge in [-0.25, -0.2) is 9.97 Å². The number of para-hydroxylation sites is 1. The molecule has 0 saturated heterocycles. The van der Waals surface area contributed by atoms with Crippen LogP contribution in [0, 0.1) is 0 Å². The van der Waals surface area contributed by atoms with Gasteiger partial charge in [-0.1, -0.05) is 40.9 Å². The van der Waals surface area contributed by atoms with E-state index >= 15 is 0 Å². The number of benzene rings is 1. The SMILES string of the molecule is Clc1cc(Oc2c(Cl)cccc2Cl)ncn1. The molecule has 0 radical (unpaired) electrons. The first-order valence-corrected chi connectivity index (χ1v) is 5.39. The second-order valence-corrected chi connectivity index (χ2v) is 4.03. The highest BCUT2D eigenvalue weighted by molar-refractivity contribution is 6.37. The Kier molecular flexibility index (Phi) is 3.49. The van der Waals surface area contributed by atoms with Gasteiger partial charge >= 0.3 is 0 Å². The molecule has 0 saturated carbocycles. The van der Waals surface area contributed by atoms with Crippen LogP contribution in [0.2, 0.25) is 15.2 Å². The van der Waals surface area contributed by atoms with Crippen molar-refractivity contribution in [3.63, 3.8) is 0 Å². The largest absolute Gasteiger partial charge is 0.436 e. The average molecular weight is 276 g/mol. The summed E-state index contributed by atoms with van der Waals surface area (Å²) in [5.41, 5.74) is 0. The molecule has 0 amide bonds. The highest BCUT2D eigenvalue weighted by Gasteiger charge is 2.08. The zero-order chi connectivity index (χ0) is 11.5. The number of rotatable bonds is 2. The molecule has 0 bridgehead atoms. The Hall–Kier alpha value is -1.03. The number of nitrogens with zero attached hydrogens (tertiary/aromatic N) is 2. The lowest BCUT2D eigenvalue weighted by Gasteiger charge is -2.07. The third-order valence-corrected chi connectivity index (χ3v) is 2.54. The van der Waals surface area contributed by atoms with Gasteiger partial charge in [-0.2, -0.15) is 0 Å². The summed E-state index contributed by atoms with van der Waals surface area (Å²) in [6.07, 6.45) is 1.29. The maximum atomic E-state index is 5.93. The van der Waals surface area contributed by atoms with Gasteiger partial charge in [-0.05, 0) is 12.1 Å². The van der Waals surface area contributed by atoms with E-state index in [4.69, 9.17) is 39.5 Å². The van der Waals surface area contributed by atoms with Crippen molar-refractivity contribution >= 4 is 34.8 Å². The van der Waals surface area contributed by atoms with Crippen molar-refractivity contribution in [1.82, 2.24) is 9.97 Å². The maximum absolute atomic E-state index is 5.93. The van der Waals surface area contributed by atoms with E-state index in [1.165, 1.54) is 12.4 Å². The van der Waals surface area contributed by atoms with Crippen molar-refractivity contribution in [3.05, 3.63) is 45.8 Å². The van der Waals surface area contributed by atoms with Gasteiger partial charge in [-0.3, -0.25) is 0 Å². The third kappa shape index (κ3) is 2.55. The predicted molar refractivity (Wildman–Crippen MR) is 63.6 cm³/mol. The van der Waals surface area contributed by atoms with Crippen molar-refractivity contribution in [2.24, 2.45) is 0 Å². The van der Waals surface area contributed by atoms with Crippen LogP contribution in [0.15, 0.2) is 30.6 Å². The van der Waals surface area contributed by atoms with Crippen LogP contribution >= 0.6 is 34.8 Å². The van der Waals surface area contributed by atoms with Gasteiger partial charge in [0.05, 0.1) is 10.0 Å². The molecule has 0 aliphatic carbocycles. The summed E-state index contributed by atoms with van der Waals surface area (Å²) < 4.78 is 5.42. The van der Waals surface area contributed by atoms with Crippen molar-refractivity contribution in [2.75, 3.05) is 0 Å². The fourth-order valence-electron chi connectivity index (χ4n) is 1.06. The van der Waals surface area contributed by atoms with E-state index < -0.39 is 0 Å². The van der Waals surface area contributed by atoms with Crippen LogP contribution in [-0.2, 0) is 0 Å². The summed E-state index contributed by atoms with van der Waals surface area (Å²) in [4.78, 5) is 7.62. The van der Waals surface area contributed by atoms with Gasteiger partial charge in [0.1, 0.15) is 11.5 Å². The van der Waals surface area contributed by atoms with E-state index in [0.717, 1.165) is 0 Å². The van der Waals surface area contributed by atoms with E-state index in [-0.39, 0.29) is 11.0 Å². The molecule has 1 aromatic heterocycles. The highest BCUT2D eigenvalue weighted by Crippen LogP contribution is 2.35. The molecule has 0 spiro atoms. The van der Waals surface area contributed by atoms with Crippen LogP contribution in [0.1, 0.15) is 0 Å². The van der Waals surface area contributed by atoms with E-state index in [0.29, 0.717) is 15.8 Å². The summed E-state index contributed by atoms with van der Waals surface area (Å²) in [5, 5.41) is 1.10. The first-order chi connectivity index (χ1) is 7.66. The summed E-state index contributed by atoms with van der Waals surface area (Å²) in [6, 6.07) is 6.54. The molecule has 0 unspecified atom stereocenters. The average Bonchev–Trinajstić information content (AvgIpc) is 2.24. The monoisotopic (exact) mass is 274 g/mol. The standard InChI is InChI=1S/C10H5Cl3N2O/c11-6-2-1-3-7(12)10(6)16-9-4-8(13)14-5-15-9/h1-5H. The lowest BCUT2D eigenvalue weighted by Crippen LogP contribution is -1.90. The van der Waals surface area contributed by atoms with Gasteiger partial charge in [0.15, 0.2) is 5.75 Å². The van der Waals surface area contributed by atoms with Gasteiger partial charge in [0.25, 0.3) is 0 Å². The zero-order valence-corrected chi connectivity index (χ0v) is 10.1. The first kappa shape index (κ1) is 11.5. The molecule has 1 aromatic carbocycles. The van der Waals surface area contributed by atoms with E-state index in [2.05, 4.69) is 9.97 Å². The number of halogens is 3. The summed E-state index contributed by atoms with van der Waals surface area (Å²) in [5.74, 6) is 0.635. The Bertz CT molecular complexity index is 499. The molecule has 2 aromatic rings. The second-order valence-electron chi connectivity index (χ2n) is 2.83. The molecule has 0 fully saturated rings. The Labute approximate surface area is 107 Å². The van der Waals surface area contributed by atoms with Crippen LogP contribution in [0.4, 0.5) is 0 Å². The zero-order valence-electron chi connectivity index (χ0n) is 7.82. The van der Waals surface area contributed by atoms with Crippen LogP contribution < -0.4 is 4.74 Å². The smallest absolute Gasteiger partial charge is 0.223 e. The molecule has 0 aliphatic rings. The van der Waals surface area contributed by atoms with Crippen LogP contribution in [0.25, 0.3) is 0 Å². The van der Waals surface area contributed by atoms with Crippen molar-refractivity contribution in [3.8, 4) is 11.6 Å². The molecule has 82 valence electrons. The molecule has 16 heavy (non-hydrogen) atoms. The van der Waals surface area contributed by atoms with Crippen molar-refractivity contribution in [2.45, 2.75) is 0 Å². The first-order valence-electron chi connectivity index (χ1n) is 4.26. The number of hydrogen-bond donors (Lipinski definition) is 0. The topological polar surface area (TPSA) is 35.0 Å². The Morgan fingerprint density at radius 1 is 1.00 bits per heavy atom. The van der Waals surface area contributed by atoms with Gasteiger partial charge in [0, 0.05) is 6.07 Å². The number of hydrogen-bond acceptors (Lipinski definition) is 3. The summed E-state index contributed by atoms with van der Waals surface area (Å²) >= 11 is 17.6. The van der Waals surface area contributed by atoms with Gasteiger partial charge in [0.2, 0.25) is 5.88 Å². The normalized spacial score (nSPS) is 10.2. The molecule has 2 rings (SSSR count). The van der Waals surface area contributed by atoms with Crippen molar-refractivity contribution in [1.29, 1.82) is 0 Å². The van der Waals surface area contributed by atoms with E-state index in [9.17, 15) is 0 Å². The van der Waals surface area contributed by atoms with Crippen LogP contribution in [0.5, 0.6) is 11.6 Å². The highest BCUT2D eigenvalue weighted by atomic mass is 35.5. The lowest BCUT2D eigenvalue weighted by atomic mass is 10.3. The summed E-state index contributed by atoms with van der Waals surface area (Å²) in [7, 11) is 0. The van der Waals surface area contributed by atoms with Crippen LogP contribution in [0.3, 0.4) is 0 Å². The number of aromatic nitrogens is 2. The molecule has 0 N–H and O–H groups in total. The predicted octanol–water partition coefficient (Wildman–Crippen LogP) is 4.23. The Morgan fingerprint density at radius 2 is 1.69 bits per heavy atom. The molecule has 0 aliphatic heterocycles. The Morgan fingerprint density at radius 3 is 2.31 bits per heavy atom. The Balaban J connectivity index is 2.34. The third-order valence-electron chi connectivity index (χ3n) is 1.73. The van der Waals surface area contributed by atoms with Gasteiger partial charge in [-0.15, -0.1) is 0 Å².